The van der Waals surface area contributed by atoms with Crippen LogP contribution in [-0.2, 0) is 0 Å². The highest BCUT2D eigenvalue weighted by Gasteiger charge is 2.15. The van der Waals surface area contributed by atoms with Crippen molar-refractivity contribution in [1.29, 1.82) is 0 Å². The van der Waals surface area contributed by atoms with E-state index in [9.17, 15) is 0 Å². The van der Waals surface area contributed by atoms with Gasteiger partial charge in [-0.3, -0.25) is 5.32 Å². The Morgan fingerprint density at radius 2 is 1.57 bits per heavy atom. The van der Waals surface area contributed by atoms with E-state index in [2.05, 4.69) is 30.6 Å². The first-order valence-electron chi connectivity index (χ1n) is 2.41. The predicted octanol–water partition coefficient (Wildman–Crippen LogP) is 0.882. The lowest BCUT2D eigenvalue weighted by atomic mass is 10.4. The molecule has 0 aromatic heterocycles. The molecule has 0 radical (unpaired) electrons. The van der Waals surface area contributed by atoms with Gasteiger partial charge in [0.15, 0.2) is 0 Å². The van der Waals surface area contributed by atoms with Crippen LogP contribution in [0.5, 0.6) is 0 Å². The van der Waals surface area contributed by atoms with Gasteiger partial charge in [0.05, 0.1) is 10.7 Å². The molecule has 1 heterocycles. The second-order valence-corrected chi connectivity index (χ2v) is 3.02. The van der Waals surface area contributed by atoms with Gasteiger partial charge in [0.25, 0.3) is 0 Å². The normalized spacial score (nSPS) is 42.0. The van der Waals surface area contributed by atoms with Crippen molar-refractivity contribution in [1.82, 2.24) is 5.32 Å². The second-order valence-electron chi connectivity index (χ2n) is 1.78. The fourth-order valence-electron chi connectivity index (χ4n) is 0.704. The molecule has 2 unspecified atom stereocenters. The van der Waals surface area contributed by atoms with Gasteiger partial charge in [0.1, 0.15) is 0 Å². The van der Waals surface area contributed by atoms with Crippen LogP contribution >= 0.6 is 25.3 Å². The summed E-state index contributed by atoms with van der Waals surface area (Å²) in [7, 11) is 0. The number of hydrogen-bond acceptors (Lipinski definition) is 3. The number of thiol groups is 2. The number of hydrogen-bond donors (Lipinski definition) is 3. The van der Waals surface area contributed by atoms with Gasteiger partial charge in [-0.1, -0.05) is 0 Å². The molecule has 0 aliphatic carbocycles. The Morgan fingerprint density at radius 1 is 1.14 bits per heavy atom. The van der Waals surface area contributed by atoms with Gasteiger partial charge in [-0.25, -0.2) is 0 Å². The minimum Gasteiger partial charge on any atom is -0.294 e. The molecule has 42 valence electrons. The van der Waals surface area contributed by atoms with Crippen LogP contribution in [0.3, 0.4) is 0 Å². The Bertz CT molecular complexity index is 58.7. The Kier molecular flexibility index (Phi) is 1.89. The molecule has 0 aromatic carbocycles. The summed E-state index contributed by atoms with van der Waals surface area (Å²) in [5.41, 5.74) is 0. The molecular weight excluding hydrogens is 126 g/mol. The summed E-state index contributed by atoms with van der Waals surface area (Å²) in [6, 6.07) is 0. The quantitative estimate of drug-likeness (QED) is 0.419. The van der Waals surface area contributed by atoms with E-state index in [0.29, 0.717) is 10.7 Å². The van der Waals surface area contributed by atoms with Crippen molar-refractivity contribution in [2.24, 2.45) is 0 Å². The fraction of sp³-hybridized carbons (Fsp3) is 1.00. The van der Waals surface area contributed by atoms with Crippen LogP contribution in [-0.4, -0.2) is 10.7 Å². The molecule has 0 bridgehead atoms. The molecule has 0 spiro atoms. The highest BCUT2D eigenvalue weighted by Crippen LogP contribution is 2.16. The summed E-state index contributed by atoms with van der Waals surface area (Å²) in [6.07, 6.45) is 2.30. The van der Waals surface area contributed by atoms with Gasteiger partial charge in [0.2, 0.25) is 0 Å². The summed E-state index contributed by atoms with van der Waals surface area (Å²) < 4.78 is 0. The lowest BCUT2D eigenvalue weighted by Crippen LogP contribution is -2.20. The zero-order valence-electron chi connectivity index (χ0n) is 3.96. The van der Waals surface area contributed by atoms with Gasteiger partial charge in [-0.05, 0) is 12.8 Å². The Morgan fingerprint density at radius 3 is 1.71 bits per heavy atom. The molecule has 7 heavy (non-hydrogen) atoms. The van der Waals surface area contributed by atoms with Gasteiger partial charge >= 0.3 is 0 Å². The second kappa shape index (κ2) is 2.29. The molecule has 1 saturated heterocycles. The molecule has 1 aliphatic heterocycles. The van der Waals surface area contributed by atoms with E-state index >= 15 is 0 Å². The summed E-state index contributed by atoms with van der Waals surface area (Å²) in [4.78, 5) is 0. The van der Waals surface area contributed by atoms with Crippen molar-refractivity contribution < 1.29 is 0 Å². The van der Waals surface area contributed by atoms with E-state index in [4.69, 9.17) is 0 Å². The lowest BCUT2D eigenvalue weighted by molar-refractivity contribution is 0.781. The van der Waals surface area contributed by atoms with Gasteiger partial charge in [-0.15, -0.1) is 0 Å². The van der Waals surface area contributed by atoms with Crippen LogP contribution in [0.4, 0.5) is 0 Å². The Labute approximate surface area is 54.7 Å². The Hall–Kier alpha value is 0.660. The fourth-order valence-corrected chi connectivity index (χ4v) is 1.48. The molecular formula is C4H9NS2. The molecule has 0 aromatic rings. The SMILES string of the molecule is SC1CCC(S)N1. The van der Waals surface area contributed by atoms with Crippen molar-refractivity contribution in [2.45, 2.75) is 23.6 Å². The maximum atomic E-state index is 4.19. The summed E-state index contributed by atoms with van der Waals surface area (Å²) in [5.74, 6) is 0. The van der Waals surface area contributed by atoms with E-state index in [0.717, 1.165) is 12.8 Å². The predicted molar refractivity (Wildman–Crippen MR) is 37.9 cm³/mol. The van der Waals surface area contributed by atoms with Crippen molar-refractivity contribution in [3.8, 4) is 0 Å². The minimum atomic E-state index is 0.391. The maximum absolute atomic E-state index is 4.19. The van der Waals surface area contributed by atoms with Gasteiger partial charge < -0.3 is 0 Å². The molecule has 2 atom stereocenters. The Balaban J connectivity index is 2.26. The van der Waals surface area contributed by atoms with E-state index in [1.54, 1.807) is 0 Å². The van der Waals surface area contributed by atoms with Crippen LogP contribution < -0.4 is 5.32 Å². The zero-order chi connectivity index (χ0) is 5.28. The van der Waals surface area contributed by atoms with Crippen molar-refractivity contribution in [3.63, 3.8) is 0 Å². The molecule has 0 saturated carbocycles. The van der Waals surface area contributed by atoms with E-state index in [-0.39, 0.29) is 0 Å². The molecule has 1 aliphatic rings. The zero-order valence-corrected chi connectivity index (χ0v) is 5.75. The monoisotopic (exact) mass is 135 g/mol. The summed E-state index contributed by atoms with van der Waals surface area (Å²) >= 11 is 8.38. The first-order chi connectivity index (χ1) is 3.29. The van der Waals surface area contributed by atoms with Crippen LogP contribution in [0.25, 0.3) is 0 Å². The number of nitrogens with one attached hydrogen (secondary N) is 1. The molecule has 1 nitrogen and oxygen atoms in total. The molecule has 1 fully saturated rings. The summed E-state index contributed by atoms with van der Waals surface area (Å²) in [6.45, 7) is 0. The first-order valence-corrected chi connectivity index (χ1v) is 3.44. The first kappa shape index (κ1) is 5.79. The standard InChI is InChI=1S/C4H9NS2/c6-3-1-2-4(7)5-3/h3-7H,1-2H2. The lowest BCUT2D eigenvalue weighted by Gasteiger charge is -2.00. The minimum absolute atomic E-state index is 0.391. The number of rotatable bonds is 0. The molecule has 3 heteroatoms. The van der Waals surface area contributed by atoms with Gasteiger partial charge in [0, 0.05) is 0 Å². The third-order valence-corrected chi connectivity index (χ3v) is 1.91. The molecule has 0 amide bonds. The van der Waals surface area contributed by atoms with Crippen LogP contribution in [0.15, 0.2) is 0 Å². The smallest absolute Gasteiger partial charge is 0.0511 e. The van der Waals surface area contributed by atoms with E-state index in [1.807, 2.05) is 0 Å². The average Bonchev–Trinajstić information content (AvgIpc) is 1.87. The van der Waals surface area contributed by atoms with Crippen LogP contribution in [0.2, 0.25) is 0 Å². The van der Waals surface area contributed by atoms with E-state index in [1.165, 1.54) is 0 Å². The van der Waals surface area contributed by atoms with Crippen molar-refractivity contribution in [3.05, 3.63) is 0 Å². The molecule has 1 N–H and O–H groups in total. The average molecular weight is 135 g/mol. The van der Waals surface area contributed by atoms with Crippen molar-refractivity contribution >= 4 is 25.3 Å². The largest absolute Gasteiger partial charge is 0.294 e. The topological polar surface area (TPSA) is 12.0 Å². The third-order valence-electron chi connectivity index (χ3n) is 1.10. The van der Waals surface area contributed by atoms with Gasteiger partial charge in [-0.2, -0.15) is 25.3 Å². The summed E-state index contributed by atoms with van der Waals surface area (Å²) in [5, 5.41) is 3.93. The third kappa shape index (κ3) is 1.55. The van der Waals surface area contributed by atoms with E-state index < -0.39 is 0 Å². The highest BCUT2D eigenvalue weighted by atomic mass is 32.1. The molecule has 1 rings (SSSR count). The van der Waals surface area contributed by atoms with Crippen LogP contribution in [0, 0.1) is 0 Å². The van der Waals surface area contributed by atoms with Crippen molar-refractivity contribution in [2.75, 3.05) is 0 Å². The highest BCUT2D eigenvalue weighted by molar-refractivity contribution is 7.82. The van der Waals surface area contributed by atoms with Crippen LogP contribution in [0.1, 0.15) is 12.8 Å². The maximum Gasteiger partial charge on any atom is 0.0511 e.